The van der Waals surface area contributed by atoms with Gasteiger partial charge in [0.25, 0.3) is 0 Å². The lowest BCUT2D eigenvalue weighted by Crippen LogP contribution is -2.57. The lowest BCUT2D eigenvalue weighted by Gasteiger charge is -2.62. The number of hydrogen-bond donors (Lipinski definition) is 2. The molecule has 150 valence electrons. The van der Waals surface area contributed by atoms with Gasteiger partial charge in [-0.05, 0) is 97.7 Å². The molecule has 0 heterocycles. The fourth-order valence-electron chi connectivity index (χ4n) is 8.62. The smallest absolute Gasteiger partial charge is 0.0574 e. The van der Waals surface area contributed by atoms with E-state index >= 15 is 0 Å². The van der Waals surface area contributed by atoms with Gasteiger partial charge in [0, 0.05) is 0 Å². The van der Waals surface area contributed by atoms with Crippen LogP contribution < -0.4 is 0 Å². The Hall–Kier alpha value is -0.0800. The third-order valence-electron chi connectivity index (χ3n) is 10.1. The van der Waals surface area contributed by atoms with Crippen LogP contribution in [0.4, 0.5) is 0 Å². The zero-order valence-electron chi connectivity index (χ0n) is 17.6. The van der Waals surface area contributed by atoms with Gasteiger partial charge in [0.1, 0.15) is 0 Å². The normalized spacial score (nSPS) is 54.9. The monoisotopic (exact) mass is 362 g/mol. The van der Waals surface area contributed by atoms with Crippen LogP contribution >= 0.6 is 0 Å². The SMILES string of the molecule is CCC[C@@H](C)[C@H]1CCC2CC3C(C[C@@]21C)[C@@]1(C)CC[C@@H](O)CC1C[C@H]3O. The summed E-state index contributed by atoms with van der Waals surface area (Å²) in [6.07, 6.45) is 11.8. The molecule has 10 atom stereocenters. The van der Waals surface area contributed by atoms with Crippen molar-refractivity contribution in [2.75, 3.05) is 0 Å². The Labute approximate surface area is 161 Å². The molecule has 0 radical (unpaired) electrons. The molecule has 4 aliphatic carbocycles. The topological polar surface area (TPSA) is 40.5 Å². The van der Waals surface area contributed by atoms with Gasteiger partial charge in [0.15, 0.2) is 0 Å². The predicted molar refractivity (Wildman–Crippen MR) is 107 cm³/mol. The summed E-state index contributed by atoms with van der Waals surface area (Å²) in [6, 6.07) is 0. The maximum atomic E-state index is 11.0. The van der Waals surface area contributed by atoms with E-state index in [1.165, 1.54) is 44.9 Å². The molecule has 0 amide bonds. The number of aliphatic hydroxyl groups is 2. The standard InChI is InChI=1S/C24H42O2/c1-5-6-15(2)20-8-7-16-12-19-21(14-24(16,20)4)23(3)10-9-18(25)11-17(23)13-22(19)26/h15-22,25-26H,5-14H2,1-4H3/t15-,16?,17?,18-,19?,20-,21?,22-,23+,24+/m1/s1. The number of rotatable bonds is 3. The molecule has 4 fully saturated rings. The van der Waals surface area contributed by atoms with E-state index in [4.69, 9.17) is 0 Å². The molecule has 0 aromatic rings. The molecule has 0 spiro atoms. The van der Waals surface area contributed by atoms with Gasteiger partial charge < -0.3 is 10.2 Å². The van der Waals surface area contributed by atoms with Crippen molar-refractivity contribution in [2.24, 2.45) is 46.3 Å². The molecule has 4 unspecified atom stereocenters. The van der Waals surface area contributed by atoms with E-state index in [0.717, 1.165) is 37.0 Å². The summed E-state index contributed by atoms with van der Waals surface area (Å²) in [5, 5.41) is 21.3. The van der Waals surface area contributed by atoms with Crippen LogP contribution in [-0.2, 0) is 0 Å². The summed E-state index contributed by atoms with van der Waals surface area (Å²) in [5.41, 5.74) is 0.828. The summed E-state index contributed by atoms with van der Waals surface area (Å²) in [6.45, 7) is 9.98. The molecular weight excluding hydrogens is 320 g/mol. The second-order valence-electron chi connectivity index (χ2n) is 11.3. The first-order valence-electron chi connectivity index (χ1n) is 11.7. The van der Waals surface area contributed by atoms with Crippen LogP contribution in [0.3, 0.4) is 0 Å². The van der Waals surface area contributed by atoms with Crippen molar-refractivity contribution in [3.05, 3.63) is 0 Å². The summed E-state index contributed by atoms with van der Waals surface area (Å²) in [5.74, 6) is 4.26. The van der Waals surface area contributed by atoms with Crippen molar-refractivity contribution < 1.29 is 10.2 Å². The highest BCUT2D eigenvalue weighted by atomic mass is 16.3. The van der Waals surface area contributed by atoms with Gasteiger partial charge in [0.05, 0.1) is 12.2 Å². The molecule has 0 aromatic carbocycles. The Bertz CT molecular complexity index is 518. The van der Waals surface area contributed by atoms with Crippen LogP contribution in [0.2, 0.25) is 0 Å². The average molecular weight is 363 g/mol. The third kappa shape index (κ3) is 2.81. The second-order valence-corrected chi connectivity index (χ2v) is 11.3. The molecule has 0 aliphatic heterocycles. The Morgan fingerprint density at radius 3 is 2.46 bits per heavy atom. The Balaban J connectivity index is 1.62. The van der Waals surface area contributed by atoms with Crippen LogP contribution in [0.1, 0.15) is 91.9 Å². The van der Waals surface area contributed by atoms with Gasteiger partial charge in [-0.3, -0.25) is 0 Å². The molecular formula is C24H42O2. The van der Waals surface area contributed by atoms with Crippen molar-refractivity contribution in [1.82, 2.24) is 0 Å². The first kappa shape index (κ1) is 19.2. The minimum Gasteiger partial charge on any atom is -0.393 e. The van der Waals surface area contributed by atoms with Crippen LogP contribution in [0, 0.1) is 46.3 Å². The van der Waals surface area contributed by atoms with Crippen molar-refractivity contribution in [3.8, 4) is 0 Å². The maximum absolute atomic E-state index is 11.0. The molecule has 26 heavy (non-hydrogen) atoms. The number of aliphatic hydroxyl groups excluding tert-OH is 2. The fraction of sp³-hybridized carbons (Fsp3) is 1.00. The van der Waals surface area contributed by atoms with E-state index in [1.807, 2.05) is 0 Å². The second kappa shape index (κ2) is 6.76. The van der Waals surface area contributed by atoms with Crippen LogP contribution in [0.15, 0.2) is 0 Å². The summed E-state index contributed by atoms with van der Waals surface area (Å²) < 4.78 is 0. The zero-order valence-corrected chi connectivity index (χ0v) is 17.6. The highest BCUT2D eigenvalue weighted by Gasteiger charge is 2.61. The first-order valence-corrected chi connectivity index (χ1v) is 11.7. The van der Waals surface area contributed by atoms with E-state index in [2.05, 4.69) is 27.7 Å². The van der Waals surface area contributed by atoms with Crippen molar-refractivity contribution in [1.29, 1.82) is 0 Å². The van der Waals surface area contributed by atoms with Crippen LogP contribution in [-0.4, -0.2) is 22.4 Å². The first-order chi connectivity index (χ1) is 12.3. The average Bonchev–Trinajstić information content (AvgIpc) is 2.92. The van der Waals surface area contributed by atoms with E-state index < -0.39 is 0 Å². The Kier molecular flexibility index (Phi) is 5.01. The van der Waals surface area contributed by atoms with Gasteiger partial charge in [-0.2, -0.15) is 0 Å². The quantitative estimate of drug-likeness (QED) is 0.704. The third-order valence-corrected chi connectivity index (χ3v) is 10.1. The number of fused-ring (bicyclic) bond motifs is 4. The maximum Gasteiger partial charge on any atom is 0.0574 e. The van der Waals surface area contributed by atoms with Crippen LogP contribution in [0.25, 0.3) is 0 Å². The van der Waals surface area contributed by atoms with Gasteiger partial charge in [0.2, 0.25) is 0 Å². The molecule has 4 aliphatic rings. The molecule has 0 saturated heterocycles. The molecule has 2 nitrogen and oxygen atoms in total. The summed E-state index contributed by atoms with van der Waals surface area (Å²) in [7, 11) is 0. The Morgan fingerprint density at radius 2 is 1.73 bits per heavy atom. The van der Waals surface area contributed by atoms with Gasteiger partial charge in [-0.1, -0.05) is 40.5 Å². The molecule has 2 heteroatoms. The fourth-order valence-corrected chi connectivity index (χ4v) is 8.62. The largest absolute Gasteiger partial charge is 0.393 e. The molecule has 2 N–H and O–H groups in total. The molecule has 4 rings (SSSR count). The number of hydrogen-bond acceptors (Lipinski definition) is 2. The van der Waals surface area contributed by atoms with Crippen molar-refractivity contribution in [2.45, 2.75) is 104 Å². The zero-order chi connectivity index (χ0) is 18.7. The lowest BCUT2D eigenvalue weighted by atomic mass is 9.44. The minimum absolute atomic E-state index is 0.125. The van der Waals surface area contributed by atoms with Gasteiger partial charge in [-0.15, -0.1) is 0 Å². The Morgan fingerprint density at radius 1 is 0.962 bits per heavy atom. The van der Waals surface area contributed by atoms with E-state index in [1.54, 1.807) is 0 Å². The summed E-state index contributed by atoms with van der Waals surface area (Å²) >= 11 is 0. The van der Waals surface area contributed by atoms with E-state index in [9.17, 15) is 10.2 Å². The predicted octanol–water partition coefficient (Wildman–Crippen LogP) is 5.41. The van der Waals surface area contributed by atoms with Crippen molar-refractivity contribution in [3.63, 3.8) is 0 Å². The summed E-state index contributed by atoms with van der Waals surface area (Å²) in [4.78, 5) is 0. The molecule has 0 aromatic heterocycles. The van der Waals surface area contributed by atoms with Gasteiger partial charge in [-0.25, -0.2) is 0 Å². The van der Waals surface area contributed by atoms with E-state index in [-0.39, 0.29) is 12.2 Å². The van der Waals surface area contributed by atoms with Crippen molar-refractivity contribution >= 4 is 0 Å². The molecule has 4 saturated carbocycles. The van der Waals surface area contributed by atoms with Crippen LogP contribution in [0.5, 0.6) is 0 Å². The minimum atomic E-state index is -0.132. The lowest BCUT2D eigenvalue weighted by molar-refractivity contribution is -0.165. The molecule has 0 bridgehead atoms. The van der Waals surface area contributed by atoms with E-state index in [0.29, 0.717) is 28.6 Å². The highest BCUT2D eigenvalue weighted by Crippen LogP contribution is 2.67. The highest BCUT2D eigenvalue weighted by molar-refractivity contribution is 5.10. The van der Waals surface area contributed by atoms with Gasteiger partial charge >= 0.3 is 0 Å².